The number of aromatic nitrogens is 1. The first kappa shape index (κ1) is 19.2. The van der Waals surface area contributed by atoms with Crippen LogP contribution in [0.2, 0.25) is 0 Å². The number of para-hydroxylation sites is 1. The van der Waals surface area contributed by atoms with Gasteiger partial charge >= 0.3 is 0 Å². The maximum Gasteiger partial charge on any atom is 0.256 e. The standard InChI is InChI=1S/C25H35N3O/c1-2-26-13-15-27(16-14-26)25(29)23-18-28-21(17-19-7-4-3-5-8-19)12-11-20-9-6-10-22(23)24(20)28/h6,9-10,18-19,21H,2-5,7-8,11-17H2,1H3. The first-order chi connectivity index (χ1) is 14.2. The second-order valence-electron chi connectivity index (χ2n) is 9.42. The Kier molecular flexibility index (Phi) is 5.38. The molecule has 0 bridgehead atoms. The first-order valence-corrected chi connectivity index (χ1v) is 11.9. The van der Waals surface area contributed by atoms with Gasteiger partial charge in [-0.3, -0.25) is 4.79 Å². The van der Waals surface area contributed by atoms with Crippen molar-refractivity contribution in [3.8, 4) is 0 Å². The van der Waals surface area contributed by atoms with Crippen LogP contribution >= 0.6 is 0 Å². The third-order valence-electron chi connectivity index (χ3n) is 7.74. The van der Waals surface area contributed by atoms with Gasteiger partial charge in [-0.2, -0.15) is 0 Å². The van der Waals surface area contributed by atoms with Crippen molar-refractivity contribution in [2.24, 2.45) is 5.92 Å². The van der Waals surface area contributed by atoms with E-state index in [0.29, 0.717) is 6.04 Å². The predicted molar refractivity (Wildman–Crippen MR) is 119 cm³/mol. The lowest BCUT2D eigenvalue weighted by Gasteiger charge is -2.34. The average Bonchev–Trinajstić information content (AvgIpc) is 3.17. The highest BCUT2D eigenvalue weighted by molar-refractivity contribution is 6.07. The van der Waals surface area contributed by atoms with E-state index in [0.717, 1.165) is 50.6 Å². The summed E-state index contributed by atoms with van der Waals surface area (Å²) in [6.45, 7) is 6.98. The van der Waals surface area contributed by atoms with Crippen LogP contribution in [0.3, 0.4) is 0 Å². The third kappa shape index (κ3) is 3.61. The van der Waals surface area contributed by atoms with E-state index in [2.05, 4.69) is 45.7 Å². The van der Waals surface area contributed by atoms with E-state index in [9.17, 15) is 4.79 Å². The summed E-state index contributed by atoms with van der Waals surface area (Å²) >= 11 is 0. The molecule has 1 aliphatic carbocycles. The highest BCUT2D eigenvalue weighted by Crippen LogP contribution is 2.40. The molecule has 1 aromatic carbocycles. The third-order valence-corrected chi connectivity index (χ3v) is 7.74. The van der Waals surface area contributed by atoms with Crippen LogP contribution in [-0.4, -0.2) is 53.0 Å². The summed E-state index contributed by atoms with van der Waals surface area (Å²) in [5, 5.41) is 1.18. The molecule has 0 spiro atoms. The van der Waals surface area contributed by atoms with Crippen molar-refractivity contribution in [1.29, 1.82) is 0 Å². The van der Waals surface area contributed by atoms with Gasteiger partial charge in [-0.05, 0) is 37.3 Å². The van der Waals surface area contributed by atoms with Crippen molar-refractivity contribution in [2.45, 2.75) is 64.3 Å². The molecule has 2 aliphatic heterocycles. The minimum absolute atomic E-state index is 0.236. The lowest BCUT2D eigenvalue weighted by molar-refractivity contribution is 0.0645. The molecule has 5 rings (SSSR count). The van der Waals surface area contributed by atoms with Gasteiger partial charge < -0.3 is 14.4 Å². The summed E-state index contributed by atoms with van der Waals surface area (Å²) in [7, 11) is 0. The summed E-state index contributed by atoms with van der Waals surface area (Å²) in [6, 6.07) is 7.15. The Labute approximate surface area is 174 Å². The maximum atomic E-state index is 13.5. The van der Waals surface area contributed by atoms with Gasteiger partial charge in [-0.15, -0.1) is 0 Å². The fourth-order valence-electron chi connectivity index (χ4n) is 5.98. The van der Waals surface area contributed by atoms with E-state index < -0.39 is 0 Å². The molecule has 1 saturated carbocycles. The largest absolute Gasteiger partial charge is 0.343 e. The molecule has 3 heterocycles. The molecule has 1 aromatic heterocycles. The molecule has 1 saturated heterocycles. The molecular weight excluding hydrogens is 358 g/mol. The molecule has 2 aromatic rings. The number of carbonyl (C=O) groups excluding carboxylic acids is 1. The van der Waals surface area contributed by atoms with Gasteiger partial charge in [0.05, 0.1) is 11.1 Å². The first-order valence-electron chi connectivity index (χ1n) is 11.9. The van der Waals surface area contributed by atoms with E-state index in [1.54, 1.807) is 0 Å². The Morgan fingerprint density at radius 2 is 1.83 bits per heavy atom. The van der Waals surface area contributed by atoms with E-state index >= 15 is 0 Å². The number of likely N-dealkylation sites (N-methyl/N-ethyl adjacent to an activating group) is 1. The monoisotopic (exact) mass is 393 g/mol. The summed E-state index contributed by atoms with van der Waals surface area (Å²) in [5.41, 5.74) is 3.70. The van der Waals surface area contributed by atoms with Crippen molar-refractivity contribution in [2.75, 3.05) is 32.7 Å². The normalized spacial score (nSPS) is 23.6. The second kappa shape index (κ2) is 8.14. The highest BCUT2D eigenvalue weighted by Gasteiger charge is 2.30. The lowest BCUT2D eigenvalue weighted by atomic mass is 9.83. The van der Waals surface area contributed by atoms with Crippen LogP contribution in [0.4, 0.5) is 0 Å². The van der Waals surface area contributed by atoms with Gasteiger partial charge in [-0.1, -0.05) is 57.2 Å². The minimum atomic E-state index is 0.236. The molecule has 1 amide bonds. The topological polar surface area (TPSA) is 28.5 Å². The van der Waals surface area contributed by atoms with Crippen molar-refractivity contribution < 1.29 is 4.79 Å². The number of benzene rings is 1. The predicted octanol–water partition coefficient (Wildman–Crippen LogP) is 4.88. The van der Waals surface area contributed by atoms with Crippen LogP contribution in [0.5, 0.6) is 0 Å². The molecule has 4 nitrogen and oxygen atoms in total. The minimum Gasteiger partial charge on any atom is -0.343 e. The Bertz CT molecular complexity index is 872. The fraction of sp³-hybridized carbons (Fsp3) is 0.640. The second-order valence-corrected chi connectivity index (χ2v) is 9.42. The molecule has 2 fully saturated rings. The van der Waals surface area contributed by atoms with Crippen LogP contribution in [0.15, 0.2) is 24.4 Å². The highest BCUT2D eigenvalue weighted by atomic mass is 16.2. The summed E-state index contributed by atoms with van der Waals surface area (Å²) in [5.74, 6) is 1.11. The van der Waals surface area contributed by atoms with Gasteiger partial charge in [0.15, 0.2) is 0 Å². The molecule has 29 heavy (non-hydrogen) atoms. The molecule has 3 aliphatic rings. The molecule has 0 N–H and O–H groups in total. The molecule has 1 unspecified atom stereocenters. The van der Waals surface area contributed by atoms with E-state index in [1.165, 1.54) is 61.4 Å². The van der Waals surface area contributed by atoms with Gasteiger partial charge in [0.25, 0.3) is 5.91 Å². The molecule has 156 valence electrons. The summed E-state index contributed by atoms with van der Waals surface area (Å²) in [4.78, 5) is 18.0. The number of piperazine rings is 1. The van der Waals surface area contributed by atoms with Gasteiger partial charge in [0.1, 0.15) is 0 Å². The van der Waals surface area contributed by atoms with Crippen molar-refractivity contribution >= 4 is 16.8 Å². The average molecular weight is 394 g/mol. The van der Waals surface area contributed by atoms with Crippen LogP contribution in [0, 0.1) is 5.92 Å². The number of rotatable bonds is 4. The van der Waals surface area contributed by atoms with Gasteiger partial charge in [0, 0.05) is 43.8 Å². The zero-order valence-electron chi connectivity index (χ0n) is 17.9. The van der Waals surface area contributed by atoms with Crippen LogP contribution in [0.25, 0.3) is 10.9 Å². The van der Waals surface area contributed by atoms with Gasteiger partial charge in [-0.25, -0.2) is 0 Å². The Morgan fingerprint density at radius 1 is 1.03 bits per heavy atom. The summed E-state index contributed by atoms with van der Waals surface area (Å²) in [6.07, 6.45) is 12.9. The maximum absolute atomic E-state index is 13.5. The number of hydrogen-bond donors (Lipinski definition) is 0. The molecule has 4 heteroatoms. The van der Waals surface area contributed by atoms with Crippen molar-refractivity contribution in [3.63, 3.8) is 0 Å². The Hall–Kier alpha value is -1.81. The molecule has 1 atom stereocenters. The zero-order valence-corrected chi connectivity index (χ0v) is 17.9. The lowest BCUT2D eigenvalue weighted by Crippen LogP contribution is -2.48. The number of nitrogens with zero attached hydrogens (tertiary/aromatic N) is 3. The van der Waals surface area contributed by atoms with Gasteiger partial charge in [0.2, 0.25) is 0 Å². The zero-order chi connectivity index (χ0) is 19.8. The summed E-state index contributed by atoms with van der Waals surface area (Å²) < 4.78 is 2.50. The fourth-order valence-corrected chi connectivity index (χ4v) is 5.98. The smallest absolute Gasteiger partial charge is 0.256 e. The van der Waals surface area contributed by atoms with E-state index in [1.807, 2.05) is 0 Å². The Morgan fingerprint density at radius 3 is 2.59 bits per heavy atom. The van der Waals surface area contributed by atoms with Crippen LogP contribution < -0.4 is 0 Å². The molecular formula is C25H35N3O. The van der Waals surface area contributed by atoms with E-state index in [-0.39, 0.29) is 5.91 Å². The van der Waals surface area contributed by atoms with E-state index in [4.69, 9.17) is 0 Å². The number of aryl methyl sites for hydroxylation is 1. The van der Waals surface area contributed by atoms with Crippen molar-refractivity contribution in [1.82, 2.24) is 14.4 Å². The number of hydrogen-bond acceptors (Lipinski definition) is 2. The van der Waals surface area contributed by atoms with Crippen molar-refractivity contribution in [3.05, 3.63) is 35.5 Å². The number of amides is 1. The molecule has 0 radical (unpaired) electrons. The Balaban J connectivity index is 1.44. The number of carbonyl (C=O) groups is 1. The quantitative estimate of drug-likeness (QED) is 0.741. The van der Waals surface area contributed by atoms with Crippen LogP contribution in [0.1, 0.15) is 73.8 Å². The van der Waals surface area contributed by atoms with Crippen LogP contribution in [-0.2, 0) is 6.42 Å². The SMILES string of the molecule is CCN1CCN(C(=O)c2cn3c4c(cccc24)CCC3CC2CCCCC2)CC1.